The van der Waals surface area contributed by atoms with Crippen LogP contribution < -0.4 is 5.32 Å². The molecule has 94 valence electrons. The number of aliphatic hydroxyl groups is 2. The fourth-order valence-electron chi connectivity index (χ4n) is 1.67. The molecule has 0 radical (unpaired) electrons. The highest BCUT2D eigenvalue weighted by Crippen LogP contribution is 2.21. The normalized spacial score (nSPS) is 14.3. The van der Waals surface area contributed by atoms with E-state index < -0.39 is 18.2 Å². The van der Waals surface area contributed by atoms with Gasteiger partial charge in [0, 0.05) is 6.54 Å². The molecule has 0 fully saturated rings. The Bertz CT molecular complexity index is 381. The number of carboxylic acid groups (broad SMARTS) is 1. The predicted octanol–water partition coefficient (Wildman–Crippen LogP) is -0.0726. The van der Waals surface area contributed by atoms with Crippen LogP contribution in [-0.4, -0.2) is 41.0 Å². The first-order chi connectivity index (χ1) is 8.06. The second kappa shape index (κ2) is 6.34. The molecule has 0 bridgehead atoms. The minimum absolute atomic E-state index is 0.167. The van der Waals surface area contributed by atoms with Crippen LogP contribution in [-0.2, 0) is 11.2 Å². The maximum absolute atomic E-state index is 10.7. The first kappa shape index (κ1) is 13.6. The van der Waals surface area contributed by atoms with E-state index in [9.17, 15) is 15.0 Å². The largest absolute Gasteiger partial charge is 0.481 e. The van der Waals surface area contributed by atoms with Crippen LogP contribution in [0.2, 0.25) is 0 Å². The van der Waals surface area contributed by atoms with E-state index in [1.54, 1.807) is 31.3 Å². The Kier molecular flexibility index (Phi) is 5.09. The molecule has 2 atom stereocenters. The quantitative estimate of drug-likeness (QED) is 0.558. The van der Waals surface area contributed by atoms with Crippen LogP contribution in [0.4, 0.5) is 0 Å². The molecule has 0 aliphatic rings. The Morgan fingerprint density at radius 3 is 2.59 bits per heavy atom. The van der Waals surface area contributed by atoms with Crippen molar-refractivity contribution in [3.63, 3.8) is 0 Å². The van der Waals surface area contributed by atoms with Crippen LogP contribution in [0.5, 0.6) is 0 Å². The molecule has 5 nitrogen and oxygen atoms in total. The molecule has 2 unspecified atom stereocenters. The van der Waals surface area contributed by atoms with Crippen LogP contribution in [0.1, 0.15) is 17.2 Å². The lowest BCUT2D eigenvalue weighted by Crippen LogP contribution is -2.30. The lowest BCUT2D eigenvalue weighted by atomic mass is 9.96. The molecule has 4 N–H and O–H groups in total. The molecular formula is C12H17NO4. The van der Waals surface area contributed by atoms with E-state index in [4.69, 9.17) is 5.11 Å². The van der Waals surface area contributed by atoms with Crippen molar-refractivity contribution in [3.8, 4) is 0 Å². The molecule has 0 heterocycles. The van der Waals surface area contributed by atoms with Gasteiger partial charge in [0.1, 0.15) is 6.10 Å². The number of benzene rings is 1. The number of carbonyl (C=O) groups is 1. The molecule has 5 heteroatoms. The average molecular weight is 239 g/mol. The topological polar surface area (TPSA) is 89.8 Å². The third-order valence-corrected chi connectivity index (χ3v) is 2.49. The van der Waals surface area contributed by atoms with Gasteiger partial charge in [0.25, 0.3) is 0 Å². The standard InChI is InChI=1S/C12H17NO4/c1-13-7-10(14)12(17)9-5-3-2-4-8(9)6-11(15)16/h2-5,10,12-14,17H,6-7H2,1H3,(H,15,16). The van der Waals surface area contributed by atoms with Gasteiger partial charge in [-0.1, -0.05) is 24.3 Å². The maximum Gasteiger partial charge on any atom is 0.307 e. The van der Waals surface area contributed by atoms with E-state index in [1.165, 1.54) is 0 Å². The molecule has 0 aliphatic carbocycles. The summed E-state index contributed by atoms with van der Waals surface area (Å²) in [5, 5.41) is 31.1. The maximum atomic E-state index is 10.7. The van der Waals surface area contributed by atoms with Gasteiger partial charge in [0.2, 0.25) is 0 Å². The Morgan fingerprint density at radius 2 is 2.00 bits per heavy atom. The molecule has 0 amide bonds. The molecule has 0 saturated heterocycles. The van der Waals surface area contributed by atoms with Crippen molar-refractivity contribution in [3.05, 3.63) is 35.4 Å². The first-order valence-corrected chi connectivity index (χ1v) is 5.36. The second-order valence-corrected chi connectivity index (χ2v) is 3.84. The van der Waals surface area contributed by atoms with Crippen molar-refractivity contribution in [1.82, 2.24) is 5.32 Å². The van der Waals surface area contributed by atoms with Crippen LogP contribution in [0.15, 0.2) is 24.3 Å². The molecule has 0 saturated carbocycles. The Morgan fingerprint density at radius 1 is 1.35 bits per heavy atom. The summed E-state index contributed by atoms with van der Waals surface area (Å²) in [7, 11) is 1.67. The van der Waals surface area contributed by atoms with E-state index in [0.29, 0.717) is 11.1 Å². The molecule has 1 aromatic carbocycles. The third kappa shape index (κ3) is 3.81. The van der Waals surface area contributed by atoms with E-state index in [2.05, 4.69) is 5.32 Å². The van der Waals surface area contributed by atoms with Gasteiger partial charge in [-0.15, -0.1) is 0 Å². The summed E-state index contributed by atoms with van der Waals surface area (Å²) in [6.07, 6.45) is -2.22. The Balaban J connectivity index is 2.91. The van der Waals surface area contributed by atoms with E-state index in [0.717, 1.165) is 0 Å². The Hall–Kier alpha value is -1.43. The minimum Gasteiger partial charge on any atom is -0.481 e. The molecular weight excluding hydrogens is 222 g/mol. The number of likely N-dealkylation sites (N-methyl/N-ethyl adjacent to an activating group) is 1. The van der Waals surface area contributed by atoms with Crippen molar-refractivity contribution >= 4 is 5.97 Å². The van der Waals surface area contributed by atoms with Gasteiger partial charge in [-0.3, -0.25) is 4.79 Å². The van der Waals surface area contributed by atoms with Gasteiger partial charge < -0.3 is 20.6 Å². The van der Waals surface area contributed by atoms with Gasteiger partial charge in [0.05, 0.1) is 12.5 Å². The smallest absolute Gasteiger partial charge is 0.307 e. The highest BCUT2D eigenvalue weighted by atomic mass is 16.4. The van der Waals surface area contributed by atoms with E-state index in [1.807, 2.05) is 0 Å². The van der Waals surface area contributed by atoms with Crippen molar-refractivity contribution in [2.24, 2.45) is 0 Å². The fraction of sp³-hybridized carbons (Fsp3) is 0.417. The summed E-state index contributed by atoms with van der Waals surface area (Å²) in [5.41, 5.74) is 0.973. The number of aliphatic carboxylic acids is 1. The number of hydrogen-bond acceptors (Lipinski definition) is 4. The number of rotatable bonds is 6. The van der Waals surface area contributed by atoms with Crippen LogP contribution in [0.25, 0.3) is 0 Å². The van der Waals surface area contributed by atoms with Crippen molar-refractivity contribution < 1.29 is 20.1 Å². The van der Waals surface area contributed by atoms with Gasteiger partial charge in [-0.2, -0.15) is 0 Å². The first-order valence-electron chi connectivity index (χ1n) is 5.36. The predicted molar refractivity (Wildman–Crippen MR) is 62.7 cm³/mol. The van der Waals surface area contributed by atoms with E-state index >= 15 is 0 Å². The van der Waals surface area contributed by atoms with Crippen LogP contribution in [0.3, 0.4) is 0 Å². The molecule has 0 aliphatic heterocycles. The monoisotopic (exact) mass is 239 g/mol. The summed E-state index contributed by atoms with van der Waals surface area (Å²) in [4.78, 5) is 10.7. The highest BCUT2D eigenvalue weighted by molar-refractivity contribution is 5.70. The number of hydrogen-bond donors (Lipinski definition) is 4. The SMILES string of the molecule is CNCC(O)C(O)c1ccccc1CC(=O)O. The zero-order valence-electron chi connectivity index (χ0n) is 9.63. The minimum atomic E-state index is -1.09. The second-order valence-electron chi connectivity index (χ2n) is 3.84. The molecule has 17 heavy (non-hydrogen) atoms. The molecule has 1 rings (SSSR count). The van der Waals surface area contributed by atoms with Gasteiger partial charge in [-0.05, 0) is 18.2 Å². The fourth-order valence-corrected chi connectivity index (χ4v) is 1.67. The zero-order valence-corrected chi connectivity index (χ0v) is 9.63. The van der Waals surface area contributed by atoms with Crippen molar-refractivity contribution in [2.75, 3.05) is 13.6 Å². The summed E-state index contributed by atoms with van der Waals surface area (Å²) in [6.45, 7) is 0.239. The van der Waals surface area contributed by atoms with Crippen molar-refractivity contribution in [1.29, 1.82) is 0 Å². The summed E-state index contributed by atoms with van der Waals surface area (Å²) in [6, 6.07) is 6.68. The summed E-state index contributed by atoms with van der Waals surface area (Å²) in [5.74, 6) is -0.965. The van der Waals surface area contributed by atoms with Gasteiger partial charge in [-0.25, -0.2) is 0 Å². The van der Waals surface area contributed by atoms with Crippen LogP contribution in [0, 0.1) is 0 Å². The molecule has 0 spiro atoms. The van der Waals surface area contributed by atoms with E-state index in [-0.39, 0.29) is 13.0 Å². The van der Waals surface area contributed by atoms with Crippen LogP contribution >= 0.6 is 0 Å². The highest BCUT2D eigenvalue weighted by Gasteiger charge is 2.20. The third-order valence-electron chi connectivity index (χ3n) is 2.49. The number of carboxylic acids is 1. The van der Waals surface area contributed by atoms with Gasteiger partial charge in [0.15, 0.2) is 0 Å². The number of aliphatic hydroxyl groups excluding tert-OH is 2. The summed E-state index contributed by atoms with van der Waals surface area (Å²) < 4.78 is 0. The Labute approximate surface area is 99.7 Å². The molecule has 1 aromatic rings. The lowest BCUT2D eigenvalue weighted by molar-refractivity contribution is -0.136. The average Bonchev–Trinajstić information content (AvgIpc) is 2.28. The number of nitrogens with one attached hydrogen (secondary N) is 1. The van der Waals surface area contributed by atoms with Crippen molar-refractivity contribution in [2.45, 2.75) is 18.6 Å². The zero-order chi connectivity index (χ0) is 12.8. The molecule has 0 aromatic heterocycles. The van der Waals surface area contributed by atoms with Gasteiger partial charge >= 0.3 is 5.97 Å². The summed E-state index contributed by atoms with van der Waals surface area (Å²) >= 11 is 0. The lowest BCUT2D eigenvalue weighted by Gasteiger charge is -2.20.